The van der Waals surface area contributed by atoms with Gasteiger partial charge in [0.2, 0.25) is 5.91 Å². The predicted octanol–water partition coefficient (Wildman–Crippen LogP) is 4.10. The minimum atomic E-state index is -0.505. The second-order valence-electron chi connectivity index (χ2n) is 5.68. The lowest BCUT2D eigenvalue weighted by atomic mass is 9.99. The van der Waals surface area contributed by atoms with E-state index < -0.39 is 6.04 Å². The molecule has 0 radical (unpaired) electrons. The maximum Gasteiger partial charge on any atom is 0.241 e. The lowest BCUT2D eigenvalue weighted by Crippen LogP contribution is -2.40. The van der Waals surface area contributed by atoms with E-state index in [0.29, 0.717) is 0 Å². The second-order valence-corrected chi connectivity index (χ2v) is 5.68. The van der Waals surface area contributed by atoms with Crippen molar-refractivity contribution in [1.82, 2.24) is 0 Å². The summed E-state index contributed by atoms with van der Waals surface area (Å²) < 4.78 is 5.40. The quantitative estimate of drug-likeness (QED) is 0.826. The summed E-state index contributed by atoms with van der Waals surface area (Å²) in [6.07, 6.45) is 0.871. The first-order valence-corrected chi connectivity index (χ1v) is 7.86. The second kappa shape index (κ2) is 9.30. The number of nitrogens with two attached hydrogens (primary N) is 1. The Kier molecular flexibility index (Phi) is 7.75. The molecule has 4 nitrogen and oxygen atoms in total. The van der Waals surface area contributed by atoms with Crippen LogP contribution in [0.5, 0.6) is 5.75 Å². The highest BCUT2D eigenvalue weighted by molar-refractivity contribution is 5.95. The van der Waals surface area contributed by atoms with Gasteiger partial charge in [-0.25, -0.2) is 0 Å². The average molecular weight is 349 g/mol. The molecule has 2 rings (SSSR count). The Bertz CT molecular complexity index is 676. The van der Waals surface area contributed by atoms with Crippen molar-refractivity contribution in [2.45, 2.75) is 26.3 Å². The topological polar surface area (TPSA) is 64.4 Å². The van der Waals surface area contributed by atoms with E-state index in [-0.39, 0.29) is 24.2 Å². The molecule has 0 saturated carbocycles. The first-order valence-electron chi connectivity index (χ1n) is 7.86. The zero-order chi connectivity index (χ0) is 16.8. The van der Waals surface area contributed by atoms with Gasteiger partial charge in [-0.05, 0) is 29.7 Å². The molecule has 0 spiro atoms. The van der Waals surface area contributed by atoms with Gasteiger partial charge < -0.3 is 15.8 Å². The zero-order valence-corrected chi connectivity index (χ0v) is 15.1. The Morgan fingerprint density at radius 1 is 1.21 bits per heavy atom. The number of hydrogen-bond donors (Lipinski definition) is 2. The van der Waals surface area contributed by atoms with Crippen LogP contribution in [0.1, 0.15) is 20.3 Å². The van der Waals surface area contributed by atoms with E-state index >= 15 is 0 Å². The number of benzene rings is 2. The van der Waals surface area contributed by atoms with Gasteiger partial charge in [-0.2, -0.15) is 0 Å². The van der Waals surface area contributed by atoms with Crippen LogP contribution in [0.3, 0.4) is 0 Å². The van der Waals surface area contributed by atoms with Crippen molar-refractivity contribution in [2.75, 3.05) is 12.4 Å². The van der Waals surface area contributed by atoms with Crippen LogP contribution >= 0.6 is 12.4 Å². The van der Waals surface area contributed by atoms with Crippen LogP contribution in [0.4, 0.5) is 5.69 Å². The van der Waals surface area contributed by atoms with E-state index in [0.717, 1.165) is 29.0 Å². The lowest BCUT2D eigenvalue weighted by Gasteiger charge is -2.18. The van der Waals surface area contributed by atoms with Crippen LogP contribution < -0.4 is 15.8 Å². The van der Waals surface area contributed by atoms with Crippen molar-refractivity contribution in [2.24, 2.45) is 11.7 Å². The molecule has 0 aliphatic heterocycles. The summed E-state index contributed by atoms with van der Waals surface area (Å²) in [5, 5.41) is 2.90. The molecule has 0 aromatic heterocycles. The number of ether oxygens (including phenoxy) is 1. The van der Waals surface area contributed by atoms with Crippen LogP contribution in [0.25, 0.3) is 11.1 Å². The number of halogens is 1. The van der Waals surface area contributed by atoms with Gasteiger partial charge in [0, 0.05) is 11.3 Å². The van der Waals surface area contributed by atoms with Crippen LogP contribution in [0, 0.1) is 5.92 Å². The summed E-state index contributed by atoms with van der Waals surface area (Å²) in [7, 11) is 1.65. The van der Waals surface area contributed by atoms with Crippen LogP contribution in [0.15, 0.2) is 48.5 Å². The maximum absolute atomic E-state index is 12.2. The highest BCUT2D eigenvalue weighted by atomic mass is 35.5. The molecule has 0 bridgehead atoms. The molecule has 1 amide bonds. The number of hydrogen-bond acceptors (Lipinski definition) is 3. The molecule has 0 aliphatic rings. The molecule has 3 N–H and O–H groups in total. The molecule has 0 saturated heterocycles. The Labute approximate surface area is 149 Å². The summed E-state index contributed by atoms with van der Waals surface area (Å²) >= 11 is 0. The molecular formula is C19H25ClN2O2. The SMILES string of the molecule is CCC(C)C(N)C(=O)Nc1cccc(-c2ccccc2OC)c1.Cl. The number of rotatable bonds is 6. The first kappa shape index (κ1) is 20.0. The van der Waals surface area contributed by atoms with Gasteiger partial charge in [0.25, 0.3) is 0 Å². The molecule has 2 atom stereocenters. The van der Waals surface area contributed by atoms with Crippen LogP contribution in [0.2, 0.25) is 0 Å². The fraction of sp³-hybridized carbons (Fsp3) is 0.316. The average Bonchev–Trinajstić information content (AvgIpc) is 2.60. The normalized spacial score (nSPS) is 12.7. The monoisotopic (exact) mass is 348 g/mol. The van der Waals surface area contributed by atoms with Crippen molar-refractivity contribution in [3.8, 4) is 16.9 Å². The minimum Gasteiger partial charge on any atom is -0.496 e. The summed E-state index contributed by atoms with van der Waals surface area (Å²) in [6.45, 7) is 4.01. The largest absolute Gasteiger partial charge is 0.496 e. The third kappa shape index (κ3) is 4.73. The summed E-state index contributed by atoms with van der Waals surface area (Å²) in [4.78, 5) is 12.2. The van der Waals surface area contributed by atoms with Gasteiger partial charge in [-0.15, -0.1) is 12.4 Å². The summed E-state index contributed by atoms with van der Waals surface area (Å²) in [6, 6.07) is 15.0. The maximum atomic E-state index is 12.2. The minimum absolute atomic E-state index is 0. The Morgan fingerprint density at radius 2 is 1.92 bits per heavy atom. The molecular weight excluding hydrogens is 324 g/mol. The van der Waals surface area contributed by atoms with Gasteiger partial charge in [-0.3, -0.25) is 4.79 Å². The number of nitrogens with one attached hydrogen (secondary N) is 1. The molecule has 0 heterocycles. The Hall–Kier alpha value is -2.04. The van der Waals surface area contributed by atoms with Gasteiger partial charge in [0.1, 0.15) is 5.75 Å². The molecule has 0 fully saturated rings. The summed E-state index contributed by atoms with van der Waals surface area (Å²) in [5.74, 6) is 0.788. The Morgan fingerprint density at radius 3 is 2.58 bits per heavy atom. The number of carbonyl (C=O) groups is 1. The lowest BCUT2D eigenvalue weighted by molar-refractivity contribution is -0.118. The number of para-hydroxylation sites is 1. The molecule has 0 aliphatic carbocycles. The van der Waals surface area contributed by atoms with Gasteiger partial charge in [0.05, 0.1) is 13.2 Å². The van der Waals surface area contributed by atoms with E-state index in [9.17, 15) is 4.79 Å². The van der Waals surface area contributed by atoms with Crippen LogP contribution in [-0.4, -0.2) is 19.1 Å². The highest BCUT2D eigenvalue weighted by Gasteiger charge is 2.19. The van der Waals surface area contributed by atoms with E-state index in [1.807, 2.05) is 62.4 Å². The third-order valence-electron chi connectivity index (χ3n) is 4.11. The molecule has 130 valence electrons. The highest BCUT2D eigenvalue weighted by Crippen LogP contribution is 2.31. The van der Waals surface area contributed by atoms with E-state index in [2.05, 4.69) is 5.32 Å². The van der Waals surface area contributed by atoms with E-state index in [4.69, 9.17) is 10.5 Å². The van der Waals surface area contributed by atoms with Gasteiger partial charge in [-0.1, -0.05) is 50.6 Å². The van der Waals surface area contributed by atoms with Gasteiger partial charge in [0.15, 0.2) is 0 Å². The molecule has 2 aromatic carbocycles. The van der Waals surface area contributed by atoms with E-state index in [1.165, 1.54) is 0 Å². The number of anilines is 1. The van der Waals surface area contributed by atoms with Crippen molar-refractivity contribution in [1.29, 1.82) is 0 Å². The number of methoxy groups -OCH3 is 1. The standard InChI is InChI=1S/C19H24N2O2.ClH/c1-4-13(2)18(20)19(22)21-15-9-7-8-14(12-15)16-10-5-6-11-17(16)23-3;/h5-13,18H,4,20H2,1-3H3,(H,21,22);1H. The number of amides is 1. The van der Waals surface area contributed by atoms with Crippen molar-refractivity contribution >= 4 is 24.0 Å². The Balaban J connectivity index is 0.00000288. The smallest absolute Gasteiger partial charge is 0.241 e. The molecule has 2 aromatic rings. The third-order valence-corrected chi connectivity index (χ3v) is 4.11. The van der Waals surface area contributed by atoms with E-state index in [1.54, 1.807) is 7.11 Å². The molecule has 2 unspecified atom stereocenters. The van der Waals surface area contributed by atoms with Crippen LogP contribution in [-0.2, 0) is 4.79 Å². The van der Waals surface area contributed by atoms with Crippen molar-refractivity contribution in [3.63, 3.8) is 0 Å². The fourth-order valence-electron chi connectivity index (χ4n) is 2.39. The summed E-state index contributed by atoms with van der Waals surface area (Å²) in [5.41, 5.74) is 8.68. The van der Waals surface area contributed by atoms with Crippen molar-refractivity contribution < 1.29 is 9.53 Å². The predicted molar refractivity (Wildman–Crippen MR) is 102 cm³/mol. The molecule has 5 heteroatoms. The van der Waals surface area contributed by atoms with Gasteiger partial charge >= 0.3 is 0 Å². The first-order chi connectivity index (χ1) is 11.1. The zero-order valence-electron chi connectivity index (χ0n) is 14.3. The fourth-order valence-corrected chi connectivity index (χ4v) is 2.39. The number of carbonyl (C=O) groups excluding carboxylic acids is 1. The molecule has 24 heavy (non-hydrogen) atoms. The van der Waals surface area contributed by atoms with Crippen molar-refractivity contribution in [3.05, 3.63) is 48.5 Å².